The molecule has 20 heavy (non-hydrogen) atoms. The summed E-state index contributed by atoms with van der Waals surface area (Å²) in [4.78, 5) is 15.8. The summed E-state index contributed by atoms with van der Waals surface area (Å²) in [6.45, 7) is 0. The number of rotatable bonds is 3. The zero-order chi connectivity index (χ0) is 14.7. The van der Waals surface area contributed by atoms with Crippen molar-refractivity contribution in [1.82, 2.24) is 4.98 Å². The van der Waals surface area contributed by atoms with Gasteiger partial charge in [0.1, 0.15) is 5.82 Å². The maximum absolute atomic E-state index is 10.7. The Hall–Kier alpha value is -3.14. The predicted molar refractivity (Wildman–Crippen MR) is 74.5 cm³/mol. The summed E-state index contributed by atoms with van der Waals surface area (Å²) in [5.41, 5.74) is 6.69. The number of benzene rings is 1. The summed E-state index contributed by atoms with van der Waals surface area (Å²) in [6.07, 6.45) is 0. The molecule has 7 nitrogen and oxygen atoms in total. The summed E-state index contributed by atoms with van der Waals surface area (Å²) in [7, 11) is 1.76. The molecule has 2 aromatic rings. The maximum atomic E-state index is 10.7. The number of nitriles is 1. The summed E-state index contributed by atoms with van der Waals surface area (Å²) < 4.78 is 0. The van der Waals surface area contributed by atoms with Crippen molar-refractivity contribution < 1.29 is 4.92 Å². The molecule has 2 N–H and O–H groups in total. The average molecular weight is 269 g/mol. The van der Waals surface area contributed by atoms with E-state index in [1.165, 1.54) is 12.1 Å². The van der Waals surface area contributed by atoms with Crippen LogP contribution in [0.15, 0.2) is 36.4 Å². The quantitative estimate of drug-likeness (QED) is 0.675. The molecule has 0 unspecified atom stereocenters. The van der Waals surface area contributed by atoms with Crippen LogP contribution in [-0.4, -0.2) is 17.0 Å². The molecule has 0 aliphatic heterocycles. The molecule has 7 heteroatoms. The lowest BCUT2D eigenvalue weighted by Gasteiger charge is -2.18. The van der Waals surface area contributed by atoms with Crippen molar-refractivity contribution >= 4 is 23.0 Å². The summed E-state index contributed by atoms with van der Waals surface area (Å²) in [5.74, 6) is 0.353. The third kappa shape index (κ3) is 2.49. The molecule has 0 saturated carbocycles. The molecule has 1 heterocycles. The van der Waals surface area contributed by atoms with Gasteiger partial charge in [0.25, 0.3) is 0 Å². The van der Waals surface area contributed by atoms with Crippen LogP contribution in [0.1, 0.15) is 5.56 Å². The summed E-state index contributed by atoms with van der Waals surface area (Å²) in [5, 5.41) is 19.4. The number of hydrogen-bond acceptors (Lipinski definition) is 6. The topological polar surface area (TPSA) is 109 Å². The number of nitrogens with two attached hydrogens (primary N) is 1. The van der Waals surface area contributed by atoms with E-state index in [9.17, 15) is 10.1 Å². The van der Waals surface area contributed by atoms with Gasteiger partial charge < -0.3 is 10.6 Å². The fraction of sp³-hybridized carbons (Fsp3) is 0.0769. The molecule has 0 amide bonds. The van der Waals surface area contributed by atoms with Crippen LogP contribution in [0.2, 0.25) is 0 Å². The number of nitrogen functional groups attached to an aromatic ring is 1. The minimum atomic E-state index is -0.576. The van der Waals surface area contributed by atoms with Gasteiger partial charge in [-0.2, -0.15) is 5.26 Å². The van der Waals surface area contributed by atoms with Crippen molar-refractivity contribution in [3.8, 4) is 6.07 Å². The monoisotopic (exact) mass is 269 g/mol. The van der Waals surface area contributed by atoms with Crippen LogP contribution in [0.3, 0.4) is 0 Å². The van der Waals surface area contributed by atoms with Gasteiger partial charge in [-0.1, -0.05) is 0 Å². The molecular weight excluding hydrogens is 258 g/mol. The first-order valence-electron chi connectivity index (χ1n) is 5.67. The van der Waals surface area contributed by atoms with Crippen molar-refractivity contribution in [1.29, 1.82) is 5.26 Å². The number of aromatic nitrogens is 1. The molecular formula is C13H11N5O2. The highest BCUT2D eigenvalue weighted by molar-refractivity contribution is 5.64. The van der Waals surface area contributed by atoms with Crippen LogP contribution >= 0.6 is 0 Å². The second kappa shape index (κ2) is 5.24. The van der Waals surface area contributed by atoms with E-state index < -0.39 is 4.92 Å². The molecule has 1 aromatic carbocycles. The lowest BCUT2D eigenvalue weighted by Crippen LogP contribution is -2.12. The first kappa shape index (κ1) is 13.3. The Morgan fingerprint density at radius 3 is 2.45 bits per heavy atom. The van der Waals surface area contributed by atoms with Crippen LogP contribution in [0.25, 0.3) is 0 Å². The number of anilines is 3. The molecule has 0 aliphatic rings. The Labute approximate surface area is 115 Å². The molecule has 0 atom stereocenters. The van der Waals surface area contributed by atoms with Gasteiger partial charge >= 0.3 is 5.69 Å². The molecule has 0 bridgehead atoms. The van der Waals surface area contributed by atoms with Crippen molar-refractivity contribution in [2.75, 3.05) is 17.7 Å². The Balaban J connectivity index is 2.33. The zero-order valence-electron chi connectivity index (χ0n) is 10.6. The van der Waals surface area contributed by atoms with E-state index in [0.717, 1.165) is 5.69 Å². The SMILES string of the molecule is CN(c1ccc(C#N)cc1)c1ccc([N+](=O)[O-])c(N)n1. The molecule has 1 aromatic heterocycles. The van der Waals surface area contributed by atoms with E-state index in [1.807, 2.05) is 6.07 Å². The minimum absolute atomic E-state index is 0.131. The van der Waals surface area contributed by atoms with E-state index >= 15 is 0 Å². The van der Waals surface area contributed by atoms with Gasteiger partial charge in [0.05, 0.1) is 16.6 Å². The van der Waals surface area contributed by atoms with E-state index in [-0.39, 0.29) is 11.5 Å². The van der Waals surface area contributed by atoms with Crippen LogP contribution in [0.5, 0.6) is 0 Å². The zero-order valence-corrected chi connectivity index (χ0v) is 10.6. The van der Waals surface area contributed by atoms with Gasteiger partial charge in [-0.15, -0.1) is 0 Å². The Bertz CT molecular complexity index is 691. The van der Waals surface area contributed by atoms with Crippen molar-refractivity contribution in [3.63, 3.8) is 0 Å². The third-order valence-corrected chi connectivity index (χ3v) is 2.81. The van der Waals surface area contributed by atoms with E-state index in [4.69, 9.17) is 11.0 Å². The second-order valence-corrected chi connectivity index (χ2v) is 4.05. The lowest BCUT2D eigenvalue weighted by molar-refractivity contribution is -0.384. The van der Waals surface area contributed by atoms with Crippen molar-refractivity contribution in [3.05, 3.63) is 52.1 Å². The third-order valence-electron chi connectivity index (χ3n) is 2.81. The van der Waals surface area contributed by atoms with Gasteiger partial charge in [0, 0.05) is 18.8 Å². The van der Waals surface area contributed by atoms with Gasteiger partial charge in [-0.05, 0) is 30.3 Å². The normalized spacial score (nSPS) is 9.80. The highest BCUT2D eigenvalue weighted by atomic mass is 16.6. The van der Waals surface area contributed by atoms with Crippen LogP contribution in [-0.2, 0) is 0 Å². The fourth-order valence-corrected chi connectivity index (χ4v) is 1.69. The molecule has 0 fully saturated rings. The smallest absolute Gasteiger partial charge is 0.311 e. The number of nitrogens with zero attached hydrogens (tertiary/aromatic N) is 4. The molecule has 0 radical (unpaired) electrons. The number of pyridine rings is 1. The highest BCUT2D eigenvalue weighted by Crippen LogP contribution is 2.26. The summed E-state index contributed by atoms with van der Waals surface area (Å²) in [6, 6.07) is 11.8. The Morgan fingerprint density at radius 2 is 1.95 bits per heavy atom. The van der Waals surface area contributed by atoms with Crippen molar-refractivity contribution in [2.24, 2.45) is 0 Å². The predicted octanol–water partition coefficient (Wildman–Crippen LogP) is 2.21. The van der Waals surface area contributed by atoms with E-state index in [2.05, 4.69) is 4.98 Å². The fourth-order valence-electron chi connectivity index (χ4n) is 1.69. The van der Waals surface area contributed by atoms with Crippen LogP contribution in [0.4, 0.5) is 23.0 Å². The minimum Gasteiger partial charge on any atom is -0.378 e. The van der Waals surface area contributed by atoms with Gasteiger partial charge in [0.15, 0.2) is 0 Å². The molecule has 0 aliphatic carbocycles. The molecule has 100 valence electrons. The number of hydrogen-bond donors (Lipinski definition) is 1. The Kier molecular flexibility index (Phi) is 3.48. The molecule has 0 saturated heterocycles. The van der Waals surface area contributed by atoms with E-state index in [1.54, 1.807) is 36.2 Å². The van der Waals surface area contributed by atoms with Crippen LogP contribution in [0, 0.1) is 21.4 Å². The highest BCUT2D eigenvalue weighted by Gasteiger charge is 2.15. The second-order valence-electron chi connectivity index (χ2n) is 4.05. The van der Waals surface area contributed by atoms with Crippen molar-refractivity contribution in [2.45, 2.75) is 0 Å². The number of nitro groups is 1. The first-order chi connectivity index (χ1) is 9.52. The van der Waals surface area contributed by atoms with Crippen LogP contribution < -0.4 is 10.6 Å². The summed E-state index contributed by atoms with van der Waals surface area (Å²) >= 11 is 0. The maximum Gasteiger partial charge on any atom is 0.311 e. The average Bonchev–Trinajstić information content (AvgIpc) is 2.46. The van der Waals surface area contributed by atoms with Gasteiger partial charge in [0.2, 0.25) is 5.82 Å². The Morgan fingerprint density at radius 1 is 1.30 bits per heavy atom. The molecule has 2 rings (SSSR count). The lowest BCUT2D eigenvalue weighted by atomic mass is 10.2. The first-order valence-corrected chi connectivity index (χ1v) is 5.67. The largest absolute Gasteiger partial charge is 0.378 e. The standard InChI is InChI=1S/C13H11N5O2/c1-17(10-4-2-9(8-14)3-5-10)12-7-6-11(18(19)20)13(15)16-12/h2-7H,1H3,(H2,15,16). The van der Waals surface area contributed by atoms with E-state index in [0.29, 0.717) is 11.4 Å². The molecule has 0 spiro atoms. The van der Waals surface area contributed by atoms with Gasteiger partial charge in [-0.25, -0.2) is 4.98 Å². The van der Waals surface area contributed by atoms with Gasteiger partial charge in [-0.3, -0.25) is 10.1 Å².